The molecule has 0 bridgehead atoms. The summed E-state index contributed by atoms with van der Waals surface area (Å²) in [6, 6.07) is 0. The lowest BCUT2D eigenvalue weighted by atomic mass is 10.2. The summed E-state index contributed by atoms with van der Waals surface area (Å²) in [7, 11) is 1.77. The van der Waals surface area contributed by atoms with Gasteiger partial charge in [0.2, 0.25) is 0 Å². The molecule has 2 rings (SSSR count). The standard InChI is InChI=1S/C12H17N5O2/c1-12(2,3)19-9(18)6-17-11-8(5-16-17)10(13-4)14-7-15-11/h5,7H,6H2,1-4H3,(H,13,14,15). The van der Waals surface area contributed by atoms with Crippen LogP contribution in [0.4, 0.5) is 5.82 Å². The van der Waals surface area contributed by atoms with E-state index in [9.17, 15) is 4.79 Å². The second-order valence-electron chi connectivity index (χ2n) is 5.10. The minimum Gasteiger partial charge on any atom is -0.459 e. The highest BCUT2D eigenvalue weighted by Crippen LogP contribution is 2.18. The Morgan fingerprint density at radius 2 is 2.16 bits per heavy atom. The van der Waals surface area contributed by atoms with Gasteiger partial charge in [-0.2, -0.15) is 5.10 Å². The van der Waals surface area contributed by atoms with Crippen molar-refractivity contribution in [2.45, 2.75) is 32.9 Å². The SMILES string of the molecule is CNc1ncnc2c1cnn2CC(=O)OC(C)(C)C. The topological polar surface area (TPSA) is 81.9 Å². The van der Waals surface area contributed by atoms with Crippen molar-refractivity contribution >= 4 is 22.8 Å². The first-order valence-corrected chi connectivity index (χ1v) is 5.97. The van der Waals surface area contributed by atoms with Gasteiger partial charge in [-0.1, -0.05) is 0 Å². The summed E-state index contributed by atoms with van der Waals surface area (Å²) in [6.45, 7) is 5.51. The van der Waals surface area contributed by atoms with E-state index in [4.69, 9.17) is 4.74 Å². The minimum absolute atomic E-state index is 0.0287. The van der Waals surface area contributed by atoms with E-state index in [-0.39, 0.29) is 12.5 Å². The predicted octanol–water partition coefficient (Wildman–Crippen LogP) is 1.21. The Labute approximate surface area is 111 Å². The summed E-state index contributed by atoms with van der Waals surface area (Å²) >= 11 is 0. The number of carbonyl (C=O) groups excluding carboxylic acids is 1. The summed E-state index contributed by atoms with van der Waals surface area (Å²) in [6.07, 6.45) is 3.06. The molecule has 0 radical (unpaired) electrons. The van der Waals surface area contributed by atoms with Crippen LogP contribution in [-0.2, 0) is 16.1 Å². The number of aromatic nitrogens is 4. The van der Waals surface area contributed by atoms with Gasteiger partial charge in [-0.3, -0.25) is 4.79 Å². The lowest BCUT2D eigenvalue weighted by Gasteiger charge is -2.19. The van der Waals surface area contributed by atoms with Gasteiger partial charge in [0.15, 0.2) is 5.65 Å². The molecule has 102 valence electrons. The number of anilines is 1. The maximum atomic E-state index is 11.8. The zero-order chi connectivity index (χ0) is 14.0. The number of rotatable bonds is 3. The van der Waals surface area contributed by atoms with E-state index in [1.807, 2.05) is 20.8 Å². The first kappa shape index (κ1) is 13.3. The molecule has 2 aromatic rings. The number of fused-ring (bicyclic) bond motifs is 1. The fourth-order valence-electron chi connectivity index (χ4n) is 1.70. The van der Waals surface area contributed by atoms with Gasteiger partial charge >= 0.3 is 5.97 Å². The fourth-order valence-corrected chi connectivity index (χ4v) is 1.70. The molecule has 0 unspecified atom stereocenters. The van der Waals surface area contributed by atoms with Gasteiger partial charge < -0.3 is 10.1 Å². The highest BCUT2D eigenvalue weighted by Gasteiger charge is 2.18. The summed E-state index contributed by atoms with van der Waals surface area (Å²) in [5.41, 5.74) is 0.0933. The summed E-state index contributed by atoms with van der Waals surface area (Å²) in [5.74, 6) is 0.336. The minimum atomic E-state index is -0.509. The van der Waals surface area contributed by atoms with Crippen LogP contribution in [-0.4, -0.2) is 38.4 Å². The van der Waals surface area contributed by atoms with Gasteiger partial charge in [0.25, 0.3) is 0 Å². The second kappa shape index (κ2) is 4.83. The van der Waals surface area contributed by atoms with Crippen LogP contribution in [0.1, 0.15) is 20.8 Å². The van der Waals surface area contributed by atoms with Gasteiger partial charge in [0.05, 0.1) is 11.6 Å². The molecule has 7 heteroatoms. The Bertz CT molecular complexity index is 600. The van der Waals surface area contributed by atoms with E-state index in [0.29, 0.717) is 11.5 Å². The zero-order valence-electron chi connectivity index (χ0n) is 11.5. The van der Waals surface area contributed by atoms with Crippen LogP contribution in [0.2, 0.25) is 0 Å². The number of carbonyl (C=O) groups is 1. The van der Waals surface area contributed by atoms with E-state index >= 15 is 0 Å². The van der Waals surface area contributed by atoms with Crippen LogP contribution in [0.3, 0.4) is 0 Å². The maximum Gasteiger partial charge on any atom is 0.328 e. The van der Waals surface area contributed by atoms with Crippen molar-refractivity contribution in [3.8, 4) is 0 Å². The summed E-state index contributed by atoms with van der Waals surface area (Å²) in [4.78, 5) is 20.0. The molecule has 2 heterocycles. The molecule has 7 nitrogen and oxygen atoms in total. The number of nitrogens with one attached hydrogen (secondary N) is 1. The monoisotopic (exact) mass is 263 g/mol. The third kappa shape index (κ3) is 2.98. The van der Waals surface area contributed by atoms with Gasteiger partial charge in [-0.25, -0.2) is 14.6 Å². The van der Waals surface area contributed by atoms with Crippen molar-refractivity contribution in [3.63, 3.8) is 0 Å². The average molecular weight is 263 g/mol. The summed E-state index contributed by atoms with van der Waals surface area (Å²) < 4.78 is 6.76. The molecule has 0 aliphatic heterocycles. The van der Waals surface area contributed by atoms with E-state index in [0.717, 1.165) is 5.39 Å². The van der Waals surface area contributed by atoms with E-state index in [2.05, 4.69) is 20.4 Å². The van der Waals surface area contributed by atoms with Crippen LogP contribution in [0.15, 0.2) is 12.5 Å². The first-order chi connectivity index (χ1) is 8.90. The van der Waals surface area contributed by atoms with Gasteiger partial charge in [0, 0.05) is 7.05 Å². The molecule has 0 atom stereocenters. The van der Waals surface area contributed by atoms with Crippen LogP contribution in [0, 0.1) is 0 Å². The van der Waals surface area contributed by atoms with E-state index < -0.39 is 5.60 Å². The smallest absolute Gasteiger partial charge is 0.328 e. The molecular weight excluding hydrogens is 246 g/mol. The van der Waals surface area contributed by atoms with Gasteiger partial charge in [-0.05, 0) is 20.8 Å². The molecule has 0 saturated heterocycles. The molecule has 0 fully saturated rings. The lowest BCUT2D eigenvalue weighted by molar-refractivity contribution is -0.155. The van der Waals surface area contributed by atoms with Crippen molar-refractivity contribution in [3.05, 3.63) is 12.5 Å². The molecule has 1 N–H and O–H groups in total. The Hall–Kier alpha value is -2.18. The number of hydrogen-bond acceptors (Lipinski definition) is 6. The van der Waals surface area contributed by atoms with E-state index in [1.165, 1.54) is 11.0 Å². The first-order valence-electron chi connectivity index (χ1n) is 5.97. The second-order valence-corrected chi connectivity index (χ2v) is 5.10. The fraction of sp³-hybridized carbons (Fsp3) is 0.500. The predicted molar refractivity (Wildman–Crippen MR) is 70.7 cm³/mol. The van der Waals surface area contributed by atoms with E-state index in [1.54, 1.807) is 13.2 Å². The van der Waals surface area contributed by atoms with Crippen molar-refractivity contribution in [1.82, 2.24) is 19.7 Å². The largest absolute Gasteiger partial charge is 0.459 e. The Morgan fingerprint density at radius 1 is 1.42 bits per heavy atom. The molecular formula is C12H17N5O2. The molecule has 0 spiro atoms. The number of nitrogens with zero attached hydrogens (tertiary/aromatic N) is 4. The number of ether oxygens (including phenoxy) is 1. The van der Waals surface area contributed by atoms with Gasteiger partial charge in [0.1, 0.15) is 24.3 Å². The Balaban J connectivity index is 2.25. The molecule has 19 heavy (non-hydrogen) atoms. The third-order valence-electron chi connectivity index (χ3n) is 2.37. The Kier molecular flexibility index (Phi) is 3.37. The zero-order valence-corrected chi connectivity index (χ0v) is 11.5. The maximum absolute atomic E-state index is 11.8. The highest BCUT2D eigenvalue weighted by atomic mass is 16.6. The lowest BCUT2D eigenvalue weighted by Crippen LogP contribution is -2.26. The van der Waals surface area contributed by atoms with Crippen LogP contribution >= 0.6 is 0 Å². The molecule has 0 aliphatic rings. The molecule has 0 amide bonds. The number of hydrogen-bond donors (Lipinski definition) is 1. The van der Waals surface area contributed by atoms with Crippen molar-refractivity contribution in [1.29, 1.82) is 0 Å². The number of esters is 1. The van der Waals surface area contributed by atoms with Crippen LogP contribution in [0.25, 0.3) is 11.0 Å². The molecule has 0 aromatic carbocycles. The quantitative estimate of drug-likeness (QED) is 0.838. The molecule has 0 aliphatic carbocycles. The van der Waals surface area contributed by atoms with Crippen molar-refractivity contribution < 1.29 is 9.53 Å². The highest BCUT2D eigenvalue weighted by molar-refractivity contribution is 5.86. The third-order valence-corrected chi connectivity index (χ3v) is 2.37. The molecule has 0 saturated carbocycles. The van der Waals surface area contributed by atoms with Crippen LogP contribution < -0.4 is 5.32 Å². The summed E-state index contributed by atoms with van der Waals surface area (Å²) in [5, 5.41) is 7.87. The average Bonchev–Trinajstić information content (AvgIpc) is 2.70. The molecule has 2 aromatic heterocycles. The normalized spacial score (nSPS) is 11.6. The Morgan fingerprint density at radius 3 is 2.79 bits per heavy atom. The van der Waals surface area contributed by atoms with Crippen molar-refractivity contribution in [2.75, 3.05) is 12.4 Å². The van der Waals surface area contributed by atoms with Crippen molar-refractivity contribution in [2.24, 2.45) is 0 Å². The van der Waals surface area contributed by atoms with Crippen LogP contribution in [0.5, 0.6) is 0 Å². The van der Waals surface area contributed by atoms with Gasteiger partial charge in [-0.15, -0.1) is 0 Å².